The van der Waals surface area contributed by atoms with E-state index in [0.29, 0.717) is 39.2 Å². The maximum absolute atomic E-state index is 14.2. The number of sulfonamides is 1. The molecule has 0 spiro atoms. The van der Waals surface area contributed by atoms with Crippen LogP contribution in [0.4, 0.5) is 5.69 Å². The number of nitrogens with zero attached hydrogens (tertiary/aromatic N) is 2. The zero-order chi connectivity index (χ0) is 31.2. The third-order valence-corrected chi connectivity index (χ3v) is 9.96. The normalized spacial score (nSPS) is 12.9. The fourth-order valence-electron chi connectivity index (χ4n) is 4.34. The highest BCUT2D eigenvalue weighted by Crippen LogP contribution is 2.28. The molecule has 3 rings (SSSR count). The highest BCUT2D eigenvalue weighted by atomic mass is 35.5. The molecule has 0 aliphatic carbocycles. The van der Waals surface area contributed by atoms with Gasteiger partial charge in [0.25, 0.3) is 10.0 Å². The largest absolute Gasteiger partial charge is 0.352 e. The first kappa shape index (κ1) is 33.7. The van der Waals surface area contributed by atoms with Crippen LogP contribution in [-0.4, -0.2) is 43.8 Å². The van der Waals surface area contributed by atoms with E-state index in [-0.39, 0.29) is 23.4 Å². The first-order valence-electron chi connectivity index (χ1n) is 13.7. The Balaban J connectivity index is 2.10. The molecule has 42 heavy (non-hydrogen) atoms. The van der Waals surface area contributed by atoms with Crippen LogP contribution < -0.4 is 9.62 Å². The zero-order valence-corrected chi connectivity index (χ0v) is 27.4. The number of anilines is 1. The Kier molecular flexibility index (Phi) is 11.7. The minimum atomic E-state index is -4.20. The van der Waals surface area contributed by atoms with Gasteiger partial charge in [0.15, 0.2) is 0 Å². The molecule has 0 saturated heterocycles. The van der Waals surface area contributed by atoms with Crippen molar-refractivity contribution in [3.05, 3.63) is 92.4 Å². The van der Waals surface area contributed by atoms with Crippen molar-refractivity contribution in [3.8, 4) is 0 Å². The van der Waals surface area contributed by atoms with E-state index in [1.54, 1.807) is 36.4 Å². The fourth-order valence-corrected chi connectivity index (χ4v) is 6.19. The lowest BCUT2D eigenvalue weighted by Gasteiger charge is -2.34. The predicted octanol–water partition coefficient (Wildman–Crippen LogP) is 7.18. The highest BCUT2D eigenvalue weighted by molar-refractivity contribution is 7.92. The zero-order valence-electron chi connectivity index (χ0n) is 24.3. The van der Waals surface area contributed by atoms with Crippen LogP contribution >= 0.6 is 34.8 Å². The van der Waals surface area contributed by atoms with Crippen molar-refractivity contribution in [1.82, 2.24) is 10.2 Å². The molecule has 0 radical (unpaired) electrons. The van der Waals surface area contributed by atoms with Crippen molar-refractivity contribution in [3.63, 3.8) is 0 Å². The molecule has 11 heteroatoms. The van der Waals surface area contributed by atoms with Gasteiger partial charge in [-0.2, -0.15) is 0 Å². The first-order chi connectivity index (χ1) is 19.8. The summed E-state index contributed by atoms with van der Waals surface area (Å²) in [5.74, 6) is -0.874. The Bertz CT molecular complexity index is 1530. The Labute approximate surface area is 263 Å². The maximum atomic E-state index is 14.2. The van der Waals surface area contributed by atoms with Gasteiger partial charge in [0.2, 0.25) is 11.8 Å². The van der Waals surface area contributed by atoms with Gasteiger partial charge in [-0.05, 0) is 98.8 Å². The number of nitrogens with one attached hydrogen (secondary N) is 1. The Morgan fingerprint density at radius 2 is 1.52 bits per heavy atom. The molecule has 2 amide bonds. The van der Waals surface area contributed by atoms with Gasteiger partial charge in [-0.25, -0.2) is 8.42 Å². The number of hydrogen-bond donors (Lipinski definition) is 1. The quantitative estimate of drug-likeness (QED) is 0.225. The van der Waals surface area contributed by atoms with Crippen molar-refractivity contribution in [2.45, 2.75) is 71.0 Å². The highest BCUT2D eigenvalue weighted by Gasteiger charge is 2.34. The standard InChI is InChI=1S/C31H36Cl3N3O4S/c1-6-22(5)35-31(39)29(7-2)36(18-23-9-15-27(33)28(34)17-23)30(38)19-37(25-12-8-20(3)21(4)16-25)42(40,41)26-13-10-24(32)11-14-26/h8-17,22,29H,6-7,18-19H2,1-5H3,(H,35,39)/t22-,29+/m0/s1. The van der Waals surface area contributed by atoms with E-state index in [9.17, 15) is 18.0 Å². The molecule has 0 aromatic heterocycles. The van der Waals surface area contributed by atoms with Crippen molar-refractivity contribution in [2.75, 3.05) is 10.8 Å². The molecule has 1 N–H and O–H groups in total. The predicted molar refractivity (Wildman–Crippen MR) is 171 cm³/mol. The number of carbonyl (C=O) groups excluding carboxylic acids is 2. The Morgan fingerprint density at radius 3 is 2.10 bits per heavy atom. The van der Waals surface area contributed by atoms with Crippen molar-refractivity contribution in [1.29, 1.82) is 0 Å². The lowest BCUT2D eigenvalue weighted by atomic mass is 10.1. The van der Waals surface area contributed by atoms with Crippen molar-refractivity contribution >= 4 is 62.3 Å². The van der Waals surface area contributed by atoms with E-state index in [1.165, 1.54) is 29.2 Å². The molecular weight excluding hydrogens is 617 g/mol. The van der Waals surface area contributed by atoms with E-state index < -0.39 is 28.5 Å². The van der Waals surface area contributed by atoms with Gasteiger partial charge in [-0.1, -0.05) is 60.8 Å². The van der Waals surface area contributed by atoms with E-state index in [0.717, 1.165) is 15.4 Å². The van der Waals surface area contributed by atoms with Gasteiger partial charge in [-0.3, -0.25) is 13.9 Å². The number of aryl methyl sites for hydroxylation is 2. The van der Waals surface area contributed by atoms with Crippen LogP contribution in [0.5, 0.6) is 0 Å². The van der Waals surface area contributed by atoms with Crippen LogP contribution in [0.2, 0.25) is 15.1 Å². The molecule has 7 nitrogen and oxygen atoms in total. The summed E-state index contributed by atoms with van der Waals surface area (Å²) in [7, 11) is -4.20. The van der Waals surface area contributed by atoms with Gasteiger partial charge in [0.1, 0.15) is 12.6 Å². The lowest BCUT2D eigenvalue weighted by molar-refractivity contribution is -0.140. The molecule has 0 unspecified atom stereocenters. The summed E-state index contributed by atoms with van der Waals surface area (Å²) in [6, 6.07) is 15.0. The molecule has 0 fully saturated rings. The van der Waals surface area contributed by atoms with Gasteiger partial charge in [0, 0.05) is 17.6 Å². The molecule has 0 aliphatic rings. The van der Waals surface area contributed by atoms with E-state index in [1.807, 2.05) is 34.6 Å². The average Bonchev–Trinajstić information content (AvgIpc) is 2.95. The number of carbonyl (C=O) groups is 2. The molecule has 0 saturated carbocycles. The molecule has 3 aromatic carbocycles. The second-order valence-electron chi connectivity index (χ2n) is 10.2. The average molecular weight is 653 g/mol. The second kappa shape index (κ2) is 14.6. The third kappa shape index (κ3) is 8.19. The monoisotopic (exact) mass is 651 g/mol. The SMILES string of the molecule is CC[C@H](C(=O)N[C@@H](C)CC)N(Cc1ccc(Cl)c(Cl)c1)C(=O)CN(c1ccc(C)c(C)c1)S(=O)(=O)c1ccc(Cl)cc1. The van der Waals surface area contributed by atoms with Crippen LogP contribution in [0, 0.1) is 13.8 Å². The van der Waals surface area contributed by atoms with Gasteiger partial charge in [-0.15, -0.1) is 0 Å². The number of halogens is 3. The second-order valence-corrected chi connectivity index (χ2v) is 13.4. The van der Waals surface area contributed by atoms with Gasteiger partial charge < -0.3 is 10.2 Å². The molecular formula is C31H36Cl3N3O4S. The summed E-state index contributed by atoms with van der Waals surface area (Å²) < 4.78 is 29.1. The number of rotatable bonds is 12. The molecule has 0 aliphatic heterocycles. The van der Waals surface area contributed by atoms with Crippen LogP contribution in [-0.2, 0) is 26.2 Å². The topological polar surface area (TPSA) is 86.8 Å². The Hall–Kier alpha value is -2.78. The molecule has 0 heterocycles. The summed E-state index contributed by atoms with van der Waals surface area (Å²) in [5, 5.41) is 4.00. The summed E-state index contributed by atoms with van der Waals surface area (Å²) in [4.78, 5) is 29.0. The summed E-state index contributed by atoms with van der Waals surface area (Å²) >= 11 is 18.4. The molecule has 226 valence electrons. The summed E-state index contributed by atoms with van der Waals surface area (Å²) in [6.07, 6.45) is 1.02. The van der Waals surface area contributed by atoms with Gasteiger partial charge >= 0.3 is 0 Å². The minimum Gasteiger partial charge on any atom is -0.352 e. The smallest absolute Gasteiger partial charge is 0.264 e. The van der Waals surface area contributed by atoms with Crippen LogP contribution in [0.15, 0.2) is 65.6 Å². The molecule has 0 bridgehead atoms. The van der Waals surface area contributed by atoms with Crippen molar-refractivity contribution < 1.29 is 18.0 Å². The van der Waals surface area contributed by atoms with E-state index in [2.05, 4.69) is 5.32 Å². The molecule has 2 atom stereocenters. The van der Waals surface area contributed by atoms with E-state index >= 15 is 0 Å². The van der Waals surface area contributed by atoms with Crippen molar-refractivity contribution in [2.24, 2.45) is 0 Å². The third-order valence-electron chi connectivity index (χ3n) is 7.18. The first-order valence-corrected chi connectivity index (χ1v) is 16.2. The molecule has 3 aromatic rings. The summed E-state index contributed by atoms with van der Waals surface area (Å²) in [6.45, 7) is 8.91. The maximum Gasteiger partial charge on any atom is 0.264 e. The number of amides is 2. The fraction of sp³-hybridized carbons (Fsp3) is 0.355. The minimum absolute atomic E-state index is 0.0178. The Morgan fingerprint density at radius 1 is 0.857 bits per heavy atom. The van der Waals surface area contributed by atoms with Gasteiger partial charge in [0.05, 0.1) is 20.6 Å². The van der Waals surface area contributed by atoms with Crippen LogP contribution in [0.1, 0.15) is 50.3 Å². The van der Waals surface area contributed by atoms with E-state index in [4.69, 9.17) is 34.8 Å². The van der Waals surface area contributed by atoms with Crippen LogP contribution in [0.3, 0.4) is 0 Å². The number of benzene rings is 3. The lowest BCUT2D eigenvalue weighted by Crippen LogP contribution is -2.53. The number of hydrogen-bond acceptors (Lipinski definition) is 4. The van der Waals surface area contributed by atoms with Crippen LogP contribution in [0.25, 0.3) is 0 Å². The summed E-state index contributed by atoms with van der Waals surface area (Å²) in [5.41, 5.74) is 2.81.